The van der Waals surface area contributed by atoms with Crippen molar-refractivity contribution in [3.05, 3.63) is 48.1 Å². The zero-order chi connectivity index (χ0) is 12.3. The summed E-state index contributed by atoms with van der Waals surface area (Å²) >= 11 is 0. The Morgan fingerprint density at radius 3 is 3.00 bits per heavy atom. The van der Waals surface area contributed by atoms with Crippen molar-refractivity contribution in [2.45, 2.75) is 13.0 Å². The van der Waals surface area contributed by atoms with E-state index in [1.807, 2.05) is 0 Å². The largest absolute Gasteiger partial charge is 0.347 e. The summed E-state index contributed by atoms with van der Waals surface area (Å²) in [6, 6.07) is 1.02. The van der Waals surface area contributed by atoms with Gasteiger partial charge in [-0.05, 0) is 13.0 Å². The van der Waals surface area contributed by atoms with Crippen LogP contribution < -0.4 is 5.32 Å². The fourth-order valence-electron chi connectivity index (χ4n) is 1.42. The van der Waals surface area contributed by atoms with Crippen molar-refractivity contribution in [3.63, 3.8) is 0 Å². The van der Waals surface area contributed by atoms with Crippen LogP contribution in [0.2, 0.25) is 0 Å². The maximum Gasteiger partial charge on any atom is 0.254 e. The van der Waals surface area contributed by atoms with E-state index in [-0.39, 0.29) is 11.6 Å². The first-order valence-corrected chi connectivity index (χ1v) is 5.08. The molecule has 0 spiro atoms. The van der Waals surface area contributed by atoms with E-state index < -0.39 is 11.7 Å². The number of hydrogen-bond acceptors (Lipinski definition) is 3. The van der Waals surface area contributed by atoms with Gasteiger partial charge in [0, 0.05) is 18.6 Å². The number of nitrogens with zero attached hydrogens (tertiary/aromatic N) is 2. The van der Waals surface area contributed by atoms with Crippen molar-refractivity contribution in [2.24, 2.45) is 0 Å². The van der Waals surface area contributed by atoms with Crippen molar-refractivity contribution in [1.29, 1.82) is 0 Å². The van der Waals surface area contributed by atoms with Gasteiger partial charge >= 0.3 is 0 Å². The molecule has 0 aromatic carbocycles. The van der Waals surface area contributed by atoms with Crippen molar-refractivity contribution in [3.8, 4) is 0 Å². The summed E-state index contributed by atoms with van der Waals surface area (Å²) < 4.78 is 13.3. The highest BCUT2D eigenvalue weighted by atomic mass is 19.1. The molecule has 0 saturated heterocycles. The molecule has 2 N–H and O–H groups in total. The monoisotopic (exact) mass is 234 g/mol. The molecule has 5 nitrogen and oxygen atoms in total. The minimum absolute atomic E-state index is 0.0293. The van der Waals surface area contributed by atoms with Crippen LogP contribution in [0.5, 0.6) is 0 Å². The van der Waals surface area contributed by atoms with E-state index in [1.165, 1.54) is 12.3 Å². The molecule has 2 aromatic heterocycles. The topological polar surface area (TPSA) is 70.7 Å². The quantitative estimate of drug-likeness (QED) is 0.844. The van der Waals surface area contributed by atoms with Gasteiger partial charge in [0.2, 0.25) is 0 Å². The molecule has 88 valence electrons. The molecule has 0 aliphatic carbocycles. The highest BCUT2D eigenvalue weighted by Crippen LogP contribution is 2.09. The molecule has 0 aliphatic heterocycles. The van der Waals surface area contributed by atoms with Crippen LogP contribution >= 0.6 is 0 Å². The van der Waals surface area contributed by atoms with E-state index in [1.54, 1.807) is 19.3 Å². The van der Waals surface area contributed by atoms with Gasteiger partial charge < -0.3 is 10.3 Å². The standard InChI is InChI=1S/C11H11FN4O/c1-7(10-14-4-5-15-10)16-11(17)8-2-3-13-6-9(8)12/h2-7H,1H3,(H,14,15)(H,16,17). The molecule has 2 heterocycles. The second-order valence-corrected chi connectivity index (χ2v) is 3.53. The molecule has 1 atom stereocenters. The molecule has 0 saturated carbocycles. The van der Waals surface area contributed by atoms with Crippen LogP contribution in [0.25, 0.3) is 0 Å². The summed E-state index contributed by atoms with van der Waals surface area (Å²) in [5, 5.41) is 2.64. The summed E-state index contributed by atoms with van der Waals surface area (Å²) in [6.07, 6.45) is 5.62. The van der Waals surface area contributed by atoms with Gasteiger partial charge in [0.1, 0.15) is 5.82 Å². The number of hydrogen-bond donors (Lipinski definition) is 2. The summed E-state index contributed by atoms with van der Waals surface area (Å²) in [5.41, 5.74) is -0.0293. The van der Waals surface area contributed by atoms with Gasteiger partial charge in [-0.25, -0.2) is 9.37 Å². The van der Waals surface area contributed by atoms with Gasteiger partial charge in [-0.2, -0.15) is 0 Å². The summed E-state index contributed by atoms with van der Waals surface area (Å²) in [4.78, 5) is 22.2. The average Bonchev–Trinajstić information content (AvgIpc) is 2.82. The number of pyridine rings is 1. The first-order chi connectivity index (χ1) is 8.18. The van der Waals surface area contributed by atoms with Gasteiger partial charge in [0.25, 0.3) is 5.91 Å². The molecule has 0 bridgehead atoms. The lowest BCUT2D eigenvalue weighted by atomic mass is 10.2. The minimum Gasteiger partial charge on any atom is -0.347 e. The molecule has 1 amide bonds. The normalized spacial score (nSPS) is 12.1. The Morgan fingerprint density at radius 2 is 2.35 bits per heavy atom. The molecule has 1 unspecified atom stereocenters. The van der Waals surface area contributed by atoms with Gasteiger partial charge in [0.15, 0.2) is 5.82 Å². The van der Waals surface area contributed by atoms with Crippen molar-refractivity contribution in [1.82, 2.24) is 20.3 Å². The molecule has 2 aromatic rings. The second-order valence-electron chi connectivity index (χ2n) is 3.53. The highest BCUT2D eigenvalue weighted by molar-refractivity contribution is 5.94. The van der Waals surface area contributed by atoms with E-state index in [2.05, 4.69) is 20.3 Å². The molecule has 6 heteroatoms. The van der Waals surface area contributed by atoms with Gasteiger partial charge in [-0.15, -0.1) is 0 Å². The number of H-pyrrole nitrogens is 1. The number of rotatable bonds is 3. The second kappa shape index (κ2) is 4.73. The fraction of sp³-hybridized carbons (Fsp3) is 0.182. The lowest BCUT2D eigenvalue weighted by Crippen LogP contribution is -2.28. The van der Waals surface area contributed by atoms with E-state index in [9.17, 15) is 9.18 Å². The third-order valence-electron chi connectivity index (χ3n) is 2.29. The zero-order valence-corrected chi connectivity index (χ0v) is 9.14. The van der Waals surface area contributed by atoms with Crippen molar-refractivity contribution >= 4 is 5.91 Å². The molecule has 2 rings (SSSR count). The van der Waals surface area contributed by atoms with Gasteiger partial charge in [0.05, 0.1) is 17.8 Å². The number of imidazole rings is 1. The van der Waals surface area contributed by atoms with E-state index in [0.717, 1.165) is 6.20 Å². The number of aromatic amines is 1. The van der Waals surface area contributed by atoms with Crippen LogP contribution in [0.15, 0.2) is 30.9 Å². The summed E-state index contributed by atoms with van der Waals surface area (Å²) in [7, 11) is 0. The van der Waals surface area contributed by atoms with Crippen LogP contribution in [0.4, 0.5) is 4.39 Å². The number of amides is 1. The number of carbonyl (C=O) groups is 1. The molecule has 17 heavy (non-hydrogen) atoms. The minimum atomic E-state index is -0.642. The lowest BCUT2D eigenvalue weighted by molar-refractivity contribution is 0.0934. The van der Waals surface area contributed by atoms with Crippen molar-refractivity contribution in [2.75, 3.05) is 0 Å². The van der Waals surface area contributed by atoms with E-state index >= 15 is 0 Å². The zero-order valence-electron chi connectivity index (χ0n) is 9.14. The third kappa shape index (κ3) is 2.47. The Kier molecular flexibility index (Phi) is 3.13. The molecular formula is C11H11FN4O. The molecule has 0 fully saturated rings. The van der Waals surface area contributed by atoms with E-state index in [4.69, 9.17) is 0 Å². The van der Waals surface area contributed by atoms with Gasteiger partial charge in [-0.1, -0.05) is 0 Å². The van der Waals surface area contributed by atoms with Crippen LogP contribution in [-0.2, 0) is 0 Å². The maximum absolute atomic E-state index is 13.3. The average molecular weight is 234 g/mol. The third-order valence-corrected chi connectivity index (χ3v) is 2.29. The molecular weight excluding hydrogens is 223 g/mol. The SMILES string of the molecule is CC(NC(=O)c1ccncc1F)c1ncc[nH]1. The first-order valence-electron chi connectivity index (χ1n) is 5.08. The highest BCUT2D eigenvalue weighted by Gasteiger charge is 2.15. The fourth-order valence-corrected chi connectivity index (χ4v) is 1.42. The lowest BCUT2D eigenvalue weighted by Gasteiger charge is -2.11. The summed E-state index contributed by atoms with van der Waals surface area (Å²) in [5.74, 6) is -0.516. The van der Waals surface area contributed by atoms with Crippen LogP contribution in [0.1, 0.15) is 29.1 Å². The Balaban J connectivity index is 2.10. The van der Waals surface area contributed by atoms with Gasteiger partial charge in [-0.3, -0.25) is 9.78 Å². The predicted molar refractivity (Wildman–Crippen MR) is 58.7 cm³/mol. The van der Waals surface area contributed by atoms with E-state index in [0.29, 0.717) is 5.82 Å². The van der Waals surface area contributed by atoms with Crippen LogP contribution in [0, 0.1) is 5.82 Å². The molecule has 0 aliphatic rings. The predicted octanol–water partition coefficient (Wildman–Crippen LogP) is 1.43. The summed E-state index contributed by atoms with van der Waals surface area (Å²) in [6.45, 7) is 1.76. The molecule has 0 radical (unpaired) electrons. The Labute approximate surface area is 97.1 Å². The van der Waals surface area contributed by atoms with Crippen LogP contribution in [-0.4, -0.2) is 20.9 Å². The maximum atomic E-state index is 13.3. The number of halogens is 1. The Hall–Kier alpha value is -2.24. The first kappa shape index (κ1) is 11.3. The van der Waals surface area contributed by atoms with Crippen LogP contribution in [0.3, 0.4) is 0 Å². The number of nitrogens with one attached hydrogen (secondary N) is 2. The Bertz CT molecular complexity index is 512. The Morgan fingerprint density at radius 1 is 1.53 bits per heavy atom. The smallest absolute Gasteiger partial charge is 0.254 e. The number of aromatic nitrogens is 3. The van der Waals surface area contributed by atoms with Crippen molar-refractivity contribution < 1.29 is 9.18 Å². The number of carbonyl (C=O) groups excluding carboxylic acids is 1.